The van der Waals surface area contributed by atoms with Crippen LogP contribution in [-0.2, 0) is 6.42 Å². The molecule has 0 bridgehead atoms. The molecular weight excluding hydrogens is 170 g/mol. The highest BCUT2D eigenvalue weighted by Crippen LogP contribution is 2.18. The summed E-state index contributed by atoms with van der Waals surface area (Å²) in [5, 5.41) is 2.65. The summed E-state index contributed by atoms with van der Waals surface area (Å²) in [4.78, 5) is 0. The van der Waals surface area contributed by atoms with Gasteiger partial charge in [-0.3, -0.25) is 0 Å². The van der Waals surface area contributed by atoms with Crippen molar-refractivity contribution < 1.29 is 0 Å². The van der Waals surface area contributed by atoms with Gasteiger partial charge in [-0.1, -0.05) is 48.5 Å². The fraction of sp³-hybridized carbons (Fsp3) is 0.0769. The summed E-state index contributed by atoms with van der Waals surface area (Å²) in [6, 6.07) is 14.8. The minimum atomic E-state index is 0. The predicted octanol–water partition coefficient (Wildman–Crippen LogP) is 3.73. The highest BCUT2D eigenvalue weighted by atomic mass is 14.0. The first kappa shape index (κ1) is 10.5. The van der Waals surface area contributed by atoms with Gasteiger partial charge in [0.05, 0.1) is 0 Å². The lowest BCUT2D eigenvalue weighted by Gasteiger charge is -2.02. The highest BCUT2D eigenvalue weighted by molar-refractivity contribution is 5.85. The number of benzene rings is 2. The molecule has 0 aliphatic heterocycles. The van der Waals surface area contributed by atoms with E-state index in [4.69, 9.17) is 0 Å². The van der Waals surface area contributed by atoms with Gasteiger partial charge in [0, 0.05) is 0 Å². The lowest BCUT2D eigenvalue weighted by molar-refractivity contribution is 1.31. The topological polar surface area (TPSA) is 35.0 Å². The largest absolute Gasteiger partial charge is 0.344 e. The van der Waals surface area contributed by atoms with Gasteiger partial charge in [-0.25, -0.2) is 0 Å². The van der Waals surface area contributed by atoms with Crippen LogP contribution in [0.3, 0.4) is 0 Å². The van der Waals surface area contributed by atoms with E-state index < -0.39 is 0 Å². The maximum Gasteiger partial charge on any atom is -0.00940 e. The Morgan fingerprint density at radius 2 is 1.71 bits per heavy atom. The van der Waals surface area contributed by atoms with Gasteiger partial charge in [0.1, 0.15) is 0 Å². The van der Waals surface area contributed by atoms with Crippen molar-refractivity contribution in [2.24, 2.45) is 0 Å². The molecule has 0 radical (unpaired) electrons. The van der Waals surface area contributed by atoms with E-state index >= 15 is 0 Å². The van der Waals surface area contributed by atoms with Crippen molar-refractivity contribution in [3.05, 3.63) is 60.7 Å². The van der Waals surface area contributed by atoms with Gasteiger partial charge in [-0.05, 0) is 22.8 Å². The summed E-state index contributed by atoms with van der Waals surface area (Å²) in [5.74, 6) is 0. The molecule has 0 aliphatic carbocycles. The Balaban J connectivity index is 0.000000980. The van der Waals surface area contributed by atoms with Crippen LogP contribution in [0.4, 0.5) is 0 Å². The third-order valence-corrected chi connectivity index (χ3v) is 2.24. The fourth-order valence-corrected chi connectivity index (χ4v) is 1.63. The van der Waals surface area contributed by atoms with Crippen molar-refractivity contribution in [1.82, 2.24) is 6.15 Å². The number of allylic oxidation sites excluding steroid dienone is 1. The summed E-state index contributed by atoms with van der Waals surface area (Å²) >= 11 is 0. The summed E-state index contributed by atoms with van der Waals surface area (Å²) in [5.41, 5.74) is 1.35. The highest BCUT2D eigenvalue weighted by Gasteiger charge is 1.96. The molecule has 0 saturated carbocycles. The molecule has 14 heavy (non-hydrogen) atoms. The summed E-state index contributed by atoms with van der Waals surface area (Å²) < 4.78 is 0. The molecule has 0 unspecified atom stereocenters. The summed E-state index contributed by atoms with van der Waals surface area (Å²) in [7, 11) is 0. The molecule has 0 spiro atoms. The first-order valence-electron chi connectivity index (χ1n) is 4.49. The second-order valence-corrected chi connectivity index (χ2v) is 3.13. The molecular formula is C13H15N. The van der Waals surface area contributed by atoms with Crippen LogP contribution in [0.1, 0.15) is 5.56 Å². The van der Waals surface area contributed by atoms with Gasteiger partial charge >= 0.3 is 0 Å². The number of hydrogen-bond acceptors (Lipinski definition) is 1. The predicted molar refractivity (Wildman–Crippen MR) is 62.9 cm³/mol. The van der Waals surface area contributed by atoms with Crippen molar-refractivity contribution in [2.75, 3.05) is 0 Å². The third-order valence-electron chi connectivity index (χ3n) is 2.24. The summed E-state index contributed by atoms with van der Waals surface area (Å²) in [6.45, 7) is 3.76. The monoisotopic (exact) mass is 185 g/mol. The molecule has 2 rings (SSSR count). The van der Waals surface area contributed by atoms with Gasteiger partial charge in [0.2, 0.25) is 0 Å². The minimum absolute atomic E-state index is 0. The lowest BCUT2D eigenvalue weighted by atomic mass is 10.0. The zero-order valence-electron chi connectivity index (χ0n) is 8.24. The average Bonchev–Trinajstić information content (AvgIpc) is 2.19. The van der Waals surface area contributed by atoms with E-state index in [0.29, 0.717) is 0 Å². The van der Waals surface area contributed by atoms with Crippen LogP contribution in [-0.4, -0.2) is 0 Å². The van der Waals surface area contributed by atoms with Gasteiger partial charge in [0.25, 0.3) is 0 Å². The minimum Gasteiger partial charge on any atom is -0.344 e. The van der Waals surface area contributed by atoms with Gasteiger partial charge in [-0.15, -0.1) is 6.58 Å². The van der Waals surface area contributed by atoms with Crippen LogP contribution in [0.5, 0.6) is 0 Å². The molecule has 1 heteroatoms. The van der Waals surface area contributed by atoms with Crippen molar-refractivity contribution in [3.8, 4) is 0 Å². The molecule has 2 aromatic rings. The van der Waals surface area contributed by atoms with E-state index in [-0.39, 0.29) is 6.15 Å². The molecule has 2 aromatic carbocycles. The maximum absolute atomic E-state index is 3.76. The van der Waals surface area contributed by atoms with Gasteiger partial charge < -0.3 is 6.15 Å². The normalized spacial score (nSPS) is 9.43. The number of fused-ring (bicyclic) bond motifs is 1. The molecule has 72 valence electrons. The standard InChI is InChI=1S/C13H12.H3N/c1-2-6-11-8-5-9-12-7-3-4-10-13(11)12;/h2-5,7-10H,1,6H2;1H3. The molecule has 0 aromatic heterocycles. The smallest absolute Gasteiger partial charge is 0.00940 e. The maximum atomic E-state index is 3.76. The molecule has 1 nitrogen and oxygen atoms in total. The second-order valence-electron chi connectivity index (χ2n) is 3.13. The molecule has 0 amide bonds. The average molecular weight is 185 g/mol. The Labute approximate surface area is 84.7 Å². The molecule has 0 saturated heterocycles. The Hall–Kier alpha value is -1.60. The van der Waals surface area contributed by atoms with Crippen molar-refractivity contribution in [1.29, 1.82) is 0 Å². The number of hydrogen-bond donors (Lipinski definition) is 1. The van der Waals surface area contributed by atoms with Crippen LogP contribution >= 0.6 is 0 Å². The van der Waals surface area contributed by atoms with Gasteiger partial charge in [-0.2, -0.15) is 0 Å². The van der Waals surface area contributed by atoms with E-state index in [1.165, 1.54) is 16.3 Å². The molecule has 3 N–H and O–H groups in total. The zero-order valence-corrected chi connectivity index (χ0v) is 8.24. The zero-order chi connectivity index (χ0) is 9.10. The third kappa shape index (κ3) is 1.83. The van der Waals surface area contributed by atoms with E-state index in [1.54, 1.807) is 0 Å². The first-order valence-corrected chi connectivity index (χ1v) is 4.49. The SMILES string of the molecule is C=CCc1cccc2ccccc12.N. The van der Waals surface area contributed by atoms with E-state index in [1.807, 2.05) is 6.08 Å². The van der Waals surface area contributed by atoms with Gasteiger partial charge in [0.15, 0.2) is 0 Å². The Bertz CT molecular complexity index is 427. The van der Waals surface area contributed by atoms with Crippen molar-refractivity contribution in [2.45, 2.75) is 6.42 Å². The van der Waals surface area contributed by atoms with Crippen LogP contribution in [0.2, 0.25) is 0 Å². The van der Waals surface area contributed by atoms with Crippen LogP contribution in [0.25, 0.3) is 10.8 Å². The lowest BCUT2D eigenvalue weighted by Crippen LogP contribution is -1.82. The first-order chi connectivity index (χ1) is 6.42. The van der Waals surface area contributed by atoms with Crippen LogP contribution in [0.15, 0.2) is 55.1 Å². The molecule has 0 atom stereocenters. The quantitative estimate of drug-likeness (QED) is 0.711. The molecule has 0 heterocycles. The number of rotatable bonds is 2. The van der Waals surface area contributed by atoms with Crippen LogP contribution < -0.4 is 6.15 Å². The van der Waals surface area contributed by atoms with Crippen molar-refractivity contribution >= 4 is 10.8 Å². The summed E-state index contributed by atoms with van der Waals surface area (Å²) in [6.07, 6.45) is 2.89. The van der Waals surface area contributed by atoms with E-state index in [0.717, 1.165) is 6.42 Å². The Morgan fingerprint density at radius 1 is 1.00 bits per heavy atom. The Kier molecular flexibility index (Phi) is 3.43. The molecule has 0 aliphatic rings. The van der Waals surface area contributed by atoms with Crippen LogP contribution in [0, 0.1) is 0 Å². The van der Waals surface area contributed by atoms with E-state index in [2.05, 4.69) is 49.0 Å². The molecule has 0 fully saturated rings. The Morgan fingerprint density at radius 3 is 2.50 bits per heavy atom. The second kappa shape index (κ2) is 4.58. The fourth-order valence-electron chi connectivity index (χ4n) is 1.63. The van der Waals surface area contributed by atoms with Crippen molar-refractivity contribution in [3.63, 3.8) is 0 Å². The van der Waals surface area contributed by atoms with E-state index in [9.17, 15) is 0 Å².